The smallest absolute Gasteiger partial charge is 0.203 e. The largest absolute Gasteiger partial charge is 0.339 e. The monoisotopic (exact) mass is 317 g/mol. The summed E-state index contributed by atoms with van der Waals surface area (Å²) < 4.78 is 1.74. The lowest BCUT2D eigenvalue weighted by Crippen LogP contribution is -2.02. The fourth-order valence-electron chi connectivity index (χ4n) is 2.55. The molecule has 0 unspecified atom stereocenters. The molecule has 0 aliphatic rings. The van der Waals surface area contributed by atoms with Crippen molar-refractivity contribution in [1.82, 2.24) is 4.57 Å². The minimum Gasteiger partial charge on any atom is -0.339 e. The van der Waals surface area contributed by atoms with E-state index >= 15 is 0 Å². The number of ketones is 1. The molecule has 0 spiro atoms. The van der Waals surface area contributed by atoms with Gasteiger partial charge < -0.3 is 4.57 Å². The van der Waals surface area contributed by atoms with Crippen molar-refractivity contribution in [3.63, 3.8) is 0 Å². The Balaban J connectivity index is 2.36. The van der Waals surface area contributed by atoms with Gasteiger partial charge in [0, 0.05) is 18.3 Å². The van der Waals surface area contributed by atoms with E-state index in [1.54, 1.807) is 35.9 Å². The van der Waals surface area contributed by atoms with Crippen LogP contribution in [0.1, 0.15) is 46.2 Å². The summed E-state index contributed by atoms with van der Waals surface area (Å²) in [5.41, 5.74) is 3.78. The summed E-state index contributed by atoms with van der Waals surface area (Å²) in [6.07, 6.45) is 3.57. The van der Waals surface area contributed by atoms with Crippen LogP contribution >= 0.6 is 0 Å². The van der Waals surface area contributed by atoms with Crippen molar-refractivity contribution in [3.05, 3.63) is 64.0 Å². The average Bonchev–Trinajstić information content (AvgIpc) is 2.87. The van der Waals surface area contributed by atoms with Crippen LogP contribution in [0.4, 0.5) is 0 Å². The zero-order valence-electron chi connectivity index (χ0n) is 14.1. The normalized spacial score (nSPS) is 11.0. The molecular weight excluding hydrogens is 298 g/mol. The molecular formula is C20H19N3O. The zero-order valence-corrected chi connectivity index (χ0v) is 14.1. The Labute approximate surface area is 142 Å². The van der Waals surface area contributed by atoms with Crippen molar-refractivity contribution >= 4 is 11.9 Å². The number of hydrogen-bond donors (Lipinski definition) is 0. The van der Waals surface area contributed by atoms with Crippen molar-refractivity contribution in [3.8, 4) is 12.1 Å². The van der Waals surface area contributed by atoms with Crippen LogP contribution < -0.4 is 0 Å². The Kier molecular flexibility index (Phi) is 5.35. The highest BCUT2D eigenvalue weighted by Gasteiger charge is 2.14. The van der Waals surface area contributed by atoms with E-state index < -0.39 is 0 Å². The lowest BCUT2D eigenvalue weighted by Gasteiger charge is -2.03. The first-order valence-electron chi connectivity index (χ1n) is 7.83. The number of Topliss-reactive ketones (excluding diaryl/α,β-unsaturated/α-hetero) is 1. The van der Waals surface area contributed by atoms with Gasteiger partial charge in [-0.2, -0.15) is 10.5 Å². The molecule has 24 heavy (non-hydrogen) atoms. The first-order chi connectivity index (χ1) is 11.5. The summed E-state index contributed by atoms with van der Waals surface area (Å²) in [6.45, 7) is 3.96. The van der Waals surface area contributed by atoms with Gasteiger partial charge in [0.25, 0.3) is 0 Å². The van der Waals surface area contributed by atoms with Gasteiger partial charge in [0.1, 0.15) is 23.4 Å². The second-order valence-electron chi connectivity index (χ2n) is 5.69. The zero-order chi connectivity index (χ0) is 17.7. The Morgan fingerprint density at radius 2 is 1.92 bits per heavy atom. The van der Waals surface area contributed by atoms with Crippen LogP contribution in [0.5, 0.6) is 0 Å². The molecule has 1 heterocycles. The molecule has 0 aliphatic heterocycles. The average molecular weight is 317 g/mol. The summed E-state index contributed by atoms with van der Waals surface area (Å²) in [5, 5.41) is 18.5. The number of aryl methyl sites for hydroxylation is 1. The van der Waals surface area contributed by atoms with E-state index in [1.807, 2.05) is 25.1 Å². The summed E-state index contributed by atoms with van der Waals surface area (Å²) in [5.74, 6) is -0.303. The van der Waals surface area contributed by atoms with E-state index in [0.29, 0.717) is 16.8 Å². The lowest BCUT2D eigenvalue weighted by molar-refractivity contribution is 0.104. The van der Waals surface area contributed by atoms with E-state index in [2.05, 4.69) is 13.0 Å². The molecule has 120 valence electrons. The number of nitriles is 2. The van der Waals surface area contributed by atoms with Crippen molar-refractivity contribution < 1.29 is 4.79 Å². The molecule has 1 aromatic heterocycles. The SMILES string of the molecule is CCCc1ccc(C(=O)/C(C#N)=C/c2cc(C#N)n(C)c2C)cc1. The number of hydrogen-bond acceptors (Lipinski definition) is 3. The quantitative estimate of drug-likeness (QED) is 0.476. The van der Waals surface area contributed by atoms with Gasteiger partial charge >= 0.3 is 0 Å². The number of carbonyl (C=O) groups excluding carboxylic acids is 1. The van der Waals surface area contributed by atoms with Gasteiger partial charge in [-0.3, -0.25) is 4.79 Å². The highest BCUT2D eigenvalue weighted by Crippen LogP contribution is 2.19. The maximum Gasteiger partial charge on any atom is 0.203 e. The van der Waals surface area contributed by atoms with Crippen LogP contribution in [0.15, 0.2) is 35.9 Å². The molecule has 2 aromatic rings. The molecule has 0 saturated heterocycles. The van der Waals surface area contributed by atoms with Crippen LogP contribution in [-0.4, -0.2) is 10.4 Å². The van der Waals surface area contributed by atoms with E-state index in [-0.39, 0.29) is 11.4 Å². The van der Waals surface area contributed by atoms with Crippen LogP contribution in [0.25, 0.3) is 6.08 Å². The predicted molar refractivity (Wildman–Crippen MR) is 93.2 cm³/mol. The number of nitrogens with zero attached hydrogens (tertiary/aromatic N) is 3. The Morgan fingerprint density at radius 3 is 2.42 bits per heavy atom. The number of carbonyl (C=O) groups is 1. The van der Waals surface area contributed by atoms with E-state index in [4.69, 9.17) is 5.26 Å². The summed E-state index contributed by atoms with van der Waals surface area (Å²) in [7, 11) is 1.78. The second kappa shape index (κ2) is 7.44. The van der Waals surface area contributed by atoms with E-state index in [0.717, 1.165) is 18.5 Å². The lowest BCUT2D eigenvalue weighted by atomic mass is 10.00. The van der Waals surface area contributed by atoms with E-state index in [1.165, 1.54) is 5.56 Å². The van der Waals surface area contributed by atoms with Gasteiger partial charge in [0.05, 0.1) is 0 Å². The van der Waals surface area contributed by atoms with Crippen LogP contribution in [0.2, 0.25) is 0 Å². The number of rotatable bonds is 5. The molecule has 0 fully saturated rings. The van der Waals surface area contributed by atoms with Gasteiger partial charge in [0.15, 0.2) is 0 Å². The maximum absolute atomic E-state index is 12.6. The molecule has 4 heteroatoms. The molecule has 0 radical (unpaired) electrons. The molecule has 0 aliphatic carbocycles. The fourth-order valence-corrected chi connectivity index (χ4v) is 2.55. The summed E-state index contributed by atoms with van der Waals surface area (Å²) >= 11 is 0. The Hall–Kier alpha value is -3.11. The van der Waals surface area contributed by atoms with Crippen molar-refractivity contribution in [2.75, 3.05) is 0 Å². The van der Waals surface area contributed by atoms with E-state index in [9.17, 15) is 10.1 Å². The summed E-state index contributed by atoms with van der Waals surface area (Å²) in [6, 6.07) is 13.1. The second-order valence-corrected chi connectivity index (χ2v) is 5.69. The van der Waals surface area contributed by atoms with Crippen molar-refractivity contribution in [2.45, 2.75) is 26.7 Å². The van der Waals surface area contributed by atoms with Gasteiger partial charge in [-0.1, -0.05) is 37.6 Å². The highest BCUT2D eigenvalue weighted by atomic mass is 16.1. The van der Waals surface area contributed by atoms with Crippen molar-refractivity contribution in [2.24, 2.45) is 7.05 Å². The fraction of sp³-hybridized carbons (Fsp3) is 0.250. The molecule has 0 amide bonds. The topological polar surface area (TPSA) is 69.6 Å². The number of benzene rings is 1. The molecule has 0 N–H and O–H groups in total. The van der Waals surface area contributed by atoms with Gasteiger partial charge in [0.2, 0.25) is 5.78 Å². The minimum absolute atomic E-state index is 0.0661. The van der Waals surface area contributed by atoms with Crippen LogP contribution in [0, 0.1) is 29.6 Å². The minimum atomic E-state index is -0.303. The molecule has 1 aromatic carbocycles. The molecule has 0 bridgehead atoms. The Bertz CT molecular complexity index is 871. The third-order valence-electron chi connectivity index (χ3n) is 4.11. The standard InChI is InChI=1S/C20H19N3O/c1-4-5-15-6-8-16(9-7-15)20(24)18(12-21)10-17-11-19(13-22)23(3)14(17)2/h6-11H,4-5H2,1-3H3/b18-10+. The maximum atomic E-state index is 12.6. The Morgan fingerprint density at radius 1 is 1.25 bits per heavy atom. The van der Waals surface area contributed by atoms with Crippen LogP contribution in [-0.2, 0) is 13.5 Å². The first-order valence-corrected chi connectivity index (χ1v) is 7.83. The number of aromatic nitrogens is 1. The molecule has 4 nitrogen and oxygen atoms in total. The molecule has 2 rings (SSSR count). The van der Waals surface area contributed by atoms with Gasteiger partial charge in [-0.05, 0) is 36.6 Å². The summed E-state index contributed by atoms with van der Waals surface area (Å²) in [4.78, 5) is 12.6. The molecule has 0 saturated carbocycles. The third-order valence-corrected chi connectivity index (χ3v) is 4.11. The third kappa shape index (κ3) is 3.45. The van der Waals surface area contributed by atoms with Gasteiger partial charge in [-0.25, -0.2) is 0 Å². The predicted octanol–water partition coefficient (Wildman–Crippen LogP) is 3.95. The highest BCUT2D eigenvalue weighted by molar-refractivity contribution is 6.14. The molecule has 0 atom stereocenters. The number of allylic oxidation sites excluding steroid dienone is 1. The van der Waals surface area contributed by atoms with Gasteiger partial charge in [-0.15, -0.1) is 0 Å². The van der Waals surface area contributed by atoms with Crippen molar-refractivity contribution in [1.29, 1.82) is 10.5 Å². The van der Waals surface area contributed by atoms with Crippen LogP contribution in [0.3, 0.4) is 0 Å². The first kappa shape index (κ1) is 17.2.